The topological polar surface area (TPSA) is 47.9 Å². The van der Waals surface area contributed by atoms with Crippen LogP contribution in [0.2, 0.25) is 0 Å². The van der Waals surface area contributed by atoms with E-state index in [4.69, 9.17) is 14.2 Å². The Bertz CT molecular complexity index is 634. The van der Waals surface area contributed by atoms with Crippen molar-refractivity contribution in [3.63, 3.8) is 0 Å². The average Bonchev–Trinajstić information content (AvgIpc) is 2.66. The number of rotatable bonds is 10. The molecule has 25 heavy (non-hydrogen) atoms. The average molecular weight is 342 g/mol. The molecule has 134 valence electrons. The Kier molecular flexibility index (Phi) is 7.67. The molecule has 4 nitrogen and oxygen atoms in total. The van der Waals surface area contributed by atoms with Crippen LogP contribution in [0.3, 0.4) is 0 Å². The summed E-state index contributed by atoms with van der Waals surface area (Å²) in [5.41, 5.74) is 3.00. The monoisotopic (exact) mass is 342 g/mol. The van der Waals surface area contributed by atoms with Gasteiger partial charge in [-0.25, -0.2) is 0 Å². The molecular formula is C21H26O4. The van der Waals surface area contributed by atoms with Crippen LogP contribution >= 0.6 is 0 Å². The van der Waals surface area contributed by atoms with Gasteiger partial charge in [0, 0.05) is 13.0 Å². The zero-order valence-electron chi connectivity index (χ0n) is 14.9. The van der Waals surface area contributed by atoms with Crippen LogP contribution in [-0.2, 0) is 16.1 Å². The summed E-state index contributed by atoms with van der Waals surface area (Å²) >= 11 is 0. The minimum atomic E-state index is -0.612. The maximum Gasteiger partial charge on any atom is 0.146 e. The zero-order valence-corrected chi connectivity index (χ0v) is 14.9. The Balaban J connectivity index is 2.13. The molecule has 2 atom stereocenters. The number of aliphatic hydroxyl groups excluding tert-OH is 1. The summed E-state index contributed by atoms with van der Waals surface area (Å²) < 4.78 is 15.4. The molecule has 0 amide bonds. The molecule has 0 aromatic heterocycles. The van der Waals surface area contributed by atoms with E-state index in [1.165, 1.54) is 0 Å². The van der Waals surface area contributed by atoms with Crippen molar-refractivity contribution in [2.24, 2.45) is 0 Å². The number of methoxy groups -OCH3 is 2. The Hall–Kier alpha value is -2.14. The molecule has 0 spiro atoms. The van der Waals surface area contributed by atoms with Gasteiger partial charge in [0.2, 0.25) is 0 Å². The Morgan fingerprint density at radius 3 is 2.20 bits per heavy atom. The van der Waals surface area contributed by atoms with Crippen LogP contribution in [-0.4, -0.2) is 26.1 Å². The molecule has 0 fully saturated rings. The van der Waals surface area contributed by atoms with E-state index < -0.39 is 6.10 Å². The summed E-state index contributed by atoms with van der Waals surface area (Å²) in [4.78, 5) is 0. The first-order valence-electron chi connectivity index (χ1n) is 8.28. The van der Waals surface area contributed by atoms with E-state index in [0.29, 0.717) is 13.0 Å². The zero-order chi connectivity index (χ0) is 18.1. The van der Waals surface area contributed by atoms with Crippen molar-refractivity contribution in [2.45, 2.75) is 25.0 Å². The summed E-state index contributed by atoms with van der Waals surface area (Å²) in [5.74, 6) is 0.719. The van der Waals surface area contributed by atoms with Crippen LogP contribution in [0.25, 0.3) is 0 Å². The van der Waals surface area contributed by atoms with Crippen LogP contribution in [0, 0.1) is 0 Å². The third kappa shape index (κ3) is 5.43. The molecule has 2 unspecified atom stereocenters. The van der Waals surface area contributed by atoms with Crippen molar-refractivity contribution >= 4 is 0 Å². The second kappa shape index (κ2) is 9.99. The van der Waals surface area contributed by atoms with E-state index in [1.54, 1.807) is 14.2 Å². The summed E-state index contributed by atoms with van der Waals surface area (Å²) in [7, 11) is 3.23. The molecule has 1 N–H and O–H groups in total. The highest BCUT2D eigenvalue weighted by Crippen LogP contribution is 2.34. The summed E-state index contributed by atoms with van der Waals surface area (Å²) in [6, 6.07) is 15.6. The Morgan fingerprint density at radius 1 is 1.00 bits per heavy atom. The van der Waals surface area contributed by atoms with Crippen molar-refractivity contribution in [2.75, 3.05) is 21.0 Å². The minimum Gasteiger partial charge on any atom is -0.497 e. The predicted octanol–water partition coefficient (Wildman–Crippen LogP) is 4.21. The van der Waals surface area contributed by atoms with Gasteiger partial charge >= 0.3 is 0 Å². The molecule has 0 saturated heterocycles. The molecule has 0 aliphatic carbocycles. The fourth-order valence-corrected chi connectivity index (χ4v) is 2.76. The summed E-state index contributed by atoms with van der Waals surface area (Å²) in [6.45, 7) is 4.61. The number of aliphatic hydroxyl groups is 1. The Labute approximate surface area is 149 Å². The smallest absolute Gasteiger partial charge is 0.146 e. The lowest BCUT2D eigenvalue weighted by molar-refractivity contribution is -0.0390. The van der Waals surface area contributed by atoms with Crippen LogP contribution < -0.4 is 4.74 Å². The highest BCUT2D eigenvalue weighted by Gasteiger charge is 2.21. The van der Waals surface area contributed by atoms with Gasteiger partial charge in [-0.1, -0.05) is 42.5 Å². The van der Waals surface area contributed by atoms with Crippen molar-refractivity contribution in [3.05, 3.63) is 77.9 Å². The lowest BCUT2D eigenvalue weighted by Crippen LogP contribution is -2.11. The normalized spacial score (nSPS) is 13.2. The minimum absolute atomic E-state index is 0.0557. The van der Waals surface area contributed by atoms with Crippen LogP contribution in [0.1, 0.15) is 35.1 Å². The number of hydrogen-bond acceptors (Lipinski definition) is 4. The fourth-order valence-electron chi connectivity index (χ4n) is 2.76. The van der Waals surface area contributed by atoms with Crippen molar-refractivity contribution in [1.29, 1.82) is 0 Å². The third-order valence-corrected chi connectivity index (χ3v) is 4.14. The molecule has 4 heteroatoms. The number of benzene rings is 2. The van der Waals surface area contributed by atoms with E-state index in [0.717, 1.165) is 22.4 Å². The molecule has 0 saturated carbocycles. The summed E-state index contributed by atoms with van der Waals surface area (Å²) in [6.07, 6.45) is 1.92. The first-order chi connectivity index (χ1) is 12.2. The predicted molar refractivity (Wildman–Crippen MR) is 98.6 cm³/mol. The van der Waals surface area contributed by atoms with Gasteiger partial charge in [-0.05, 0) is 35.2 Å². The first-order valence-corrected chi connectivity index (χ1v) is 8.28. The maximum atomic E-state index is 10.8. The van der Waals surface area contributed by atoms with Gasteiger partial charge in [0.05, 0.1) is 19.8 Å². The van der Waals surface area contributed by atoms with Gasteiger partial charge in [-0.15, -0.1) is 6.58 Å². The van der Waals surface area contributed by atoms with Crippen molar-refractivity contribution < 1.29 is 19.3 Å². The molecule has 0 radical (unpaired) electrons. The molecule has 0 aliphatic rings. The van der Waals surface area contributed by atoms with Crippen molar-refractivity contribution in [1.82, 2.24) is 0 Å². The third-order valence-electron chi connectivity index (χ3n) is 4.14. The largest absolute Gasteiger partial charge is 0.497 e. The SMILES string of the molecule is C=CCC(c1ccc(COCOC)cc1)C(O)c1ccc(OC)cc1. The maximum absolute atomic E-state index is 10.8. The standard InChI is InChI=1S/C21H26O4/c1-4-5-20(21(22)18-10-12-19(24-3)13-11-18)17-8-6-16(7-9-17)14-25-15-23-2/h4,6-13,20-22H,1,5,14-15H2,2-3H3. The lowest BCUT2D eigenvalue weighted by Gasteiger charge is -2.23. The highest BCUT2D eigenvalue weighted by atomic mass is 16.7. The number of allylic oxidation sites excluding steroid dienone is 1. The van der Waals surface area contributed by atoms with Gasteiger partial charge in [0.15, 0.2) is 0 Å². The van der Waals surface area contributed by atoms with E-state index in [1.807, 2.05) is 54.6 Å². The molecule has 0 bridgehead atoms. The molecule has 2 aromatic carbocycles. The molecular weight excluding hydrogens is 316 g/mol. The van der Waals surface area contributed by atoms with E-state index in [-0.39, 0.29) is 12.7 Å². The molecule has 2 aromatic rings. The quantitative estimate of drug-likeness (QED) is 0.399. The number of ether oxygens (including phenoxy) is 3. The Morgan fingerprint density at radius 2 is 1.64 bits per heavy atom. The van der Waals surface area contributed by atoms with E-state index in [9.17, 15) is 5.11 Å². The second-order valence-corrected chi connectivity index (χ2v) is 5.85. The number of hydrogen-bond donors (Lipinski definition) is 1. The fraction of sp³-hybridized carbons (Fsp3) is 0.333. The van der Waals surface area contributed by atoms with Gasteiger partial charge in [-0.2, -0.15) is 0 Å². The molecule has 2 rings (SSSR count). The molecule has 0 aliphatic heterocycles. The van der Waals surface area contributed by atoms with Crippen LogP contribution in [0.4, 0.5) is 0 Å². The van der Waals surface area contributed by atoms with Gasteiger partial charge in [-0.3, -0.25) is 0 Å². The summed E-state index contributed by atoms with van der Waals surface area (Å²) in [5, 5.41) is 10.8. The first kappa shape index (κ1) is 19.2. The second-order valence-electron chi connectivity index (χ2n) is 5.85. The highest BCUT2D eigenvalue weighted by molar-refractivity contribution is 5.33. The van der Waals surface area contributed by atoms with Crippen molar-refractivity contribution in [3.8, 4) is 5.75 Å². The van der Waals surface area contributed by atoms with Gasteiger partial charge in [0.25, 0.3) is 0 Å². The van der Waals surface area contributed by atoms with E-state index in [2.05, 4.69) is 6.58 Å². The van der Waals surface area contributed by atoms with Gasteiger partial charge < -0.3 is 19.3 Å². The molecule has 0 heterocycles. The van der Waals surface area contributed by atoms with Crippen LogP contribution in [0.15, 0.2) is 61.2 Å². The lowest BCUT2D eigenvalue weighted by atomic mass is 9.86. The van der Waals surface area contributed by atoms with E-state index >= 15 is 0 Å². The van der Waals surface area contributed by atoms with Gasteiger partial charge in [0.1, 0.15) is 12.5 Å². The van der Waals surface area contributed by atoms with Crippen LogP contribution in [0.5, 0.6) is 5.75 Å².